The highest BCUT2D eigenvalue weighted by molar-refractivity contribution is 6.31. The summed E-state index contributed by atoms with van der Waals surface area (Å²) in [4.78, 5) is 30.5. The molecule has 0 radical (unpaired) electrons. The summed E-state index contributed by atoms with van der Waals surface area (Å²) in [5, 5.41) is 4.82. The molecule has 0 spiro atoms. The fraction of sp³-hybridized carbons (Fsp3) is 0.300. The maximum atomic E-state index is 12.4. The van der Waals surface area contributed by atoms with E-state index in [1.807, 2.05) is 18.2 Å². The first kappa shape index (κ1) is 17.7. The van der Waals surface area contributed by atoms with Gasteiger partial charge in [0.1, 0.15) is 0 Å². The minimum absolute atomic E-state index is 0.104. The van der Waals surface area contributed by atoms with E-state index in [0.717, 1.165) is 41.6 Å². The molecule has 140 valence electrons. The number of fused-ring (bicyclic) bond motifs is 3. The summed E-state index contributed by atoms with van der Waals surface area (Å²) in [6.45, 7) is 1.58. The maximum Gasteiger partial charge on any atom is 0.258 e. The molecule has 7 heteroatoms. The van der Waals surface area contributed by atoms with E-state index in [9.17, 15) is 9.59 Å². The second-order valence-electron chi connectivity index (χ2n) is 6.85. The van der Waals surface area contributed by atoms with E-state index in [4.69, 9.17) is 16.3 Å². The van der Waals surface area contributed by atoms with Crippen molar-refractivity contribution in [3.05, 3.63) is 62.7 Å². The van der Waals surface area contributed by atoms with Gasteiger partial charge in [0.2, 0.25) is 5.43 Å². The van der Waals surface area contributed by atoms with Crippen LogP contribution in [-0.2, 0) is 11.2 Å². The predicted octanol–water partition coefficient (Wildman–Crippen LogP) is 3.39. The van der Waals surface area contributed by atoms with Gasteiger partial charge in [-0.3, -0.25) is 9.59 Å². The van der Waals surface area contributed by atoms with Crippen LogP contribution in [0, 0.1) is 6.92 Å². The van der Waals surface area contributed by atoms with E-state index in [1.165, 1.54) is 17.8 Å². The molecule has 1 amide bonds. The van der Waals surface area contributed by atoms with Crippen LogP contribution < -0.4 is 15.5 Å². The standard InChI is InChI=1S/C20H20ClN3O3/c1-11-7-17(25)18(9-22-11)27-10-19(26)23-16-4-2-3-13-14-8-12(21)5-6-15(14)24-20(13)16/h5-9,16,24H,2-4,10H2,1H3,(H,22,25)(H,23,26)/t16-/m0/s1. The number of ether oxygens (including phenoxy) is 1. The Morgan fingerprint density at radius 2 is 2.22 bits per heavy atom. The molecule has 3 aromatic rings. The number of hydrogen-bond donors (Lipinski definition) is 3. The highest BCUT2D eigenvalue weighted by Crippen LogP contribution is 2.35. The number of aryl methyl sites for hydroxylation is 2. The molecule has 0 bridgehead atoms. The SMILES string of the molecule is Cc1cc(=O)c(OCC(=O)N[C@H]2CCCc3c2[nH]c2ccc(Cl)cc32)c[nH]1. The molecule has 3 N–H and O–H groups in total. The number of amides is 1. The smallest absolute Gasteiger partial charge is 0.258 e. The van der Waals surface area contributed by atoms with Gasteiger partial charge in [0.05, 0.1) is 6.04 Å². The van der Waals surface area contributed by atoms with Crippen molar-refractivity contribution in [1.82, 2.24) is 15.3 Å². The Labute approximate surface area is 160 Å². The zero-order valence-electron chi connectivity index (χ0n) is 14.9. The van der Waals surface area contributed by atoms with Crippen LogP contribution in [0.2, 0.25) is 5.02 Å². The molecule has 4 rings (SSSR count). The van der Waals surface area contributed by atoms with Crippen LogP contribution in [-0.4, -0.2) is 22.5 Å². The van der Waals surface area contributed by atoms with Crippen LogP contribution in [0.1, 0.15) is 35.8 Å². The minimum atomic E-state index is -0.260. The Bertz CT molecular complexity index is 1070. The monoisotopic (exact) mass is 385 g/mol. The number of benzene rings is 1. The topological polar surface area (TPSA) is 87.0 Å². The van der Waals surface area contributed by atoms with Crippen molar-refractivity contribution in [2.45, 2.75) is 32.2 Å². The van der Waals surface area contributed by atoms with E-state index < -0.39 is 0 Å². The number of pyridine rings is 1. The number of halogens is 1. The third kappa shape index (κ3) is 3.57. The van der Waals surface area contributed by atoms with Crippen molar-refractivity contribution < 1.29 is 9.53 Å². The van der Waals surface area contributed by atoms with Gasteiger partial charge in [0.25, 0.3) is 5.91 Å². The fourth-order valence-electron chi connectivity index (χ4n) is 3.63. The van der Waals surface area contributed by atoms with Crippen molar-refractivity contribution in [1.29, 1.82) is 0 Å². The van der Waals surface area contributed by atoms with E-state index >= 15 is 0 Å². The molecular formula is C20H20ClN3O3. The third-order valence-corrected chi connectivity index (χ3v) is 5.12. The summed E-state index contributed by atoms with van der Waals surface area (Å²) in [6, 6.07) is 7.11. The molecule has 0 fully saturated rings. The number of aromatic nitrogens is 2. The normalized spacial score (nSPS) is 16.1. The molecule has 0 saturated heterocycles. The van der Waals surface area contributed by atoms with Crippen LogP contribution in [0.5, 0.6) is 5.75 Å². The zero-order chi connectivity index (χ0) is 19.0. The average Bonchev–Trinajstić information content (AvgIpc) is 3.00. The van der Waals surface area contributed by atoms with Gasteiger partial charge in [0, 0.05) is 39.6 Å². The summed E-state index contributed by atoms with van der Waals surface area (Å²) < 4.78 is 5.37. The lowest BCUT2D eigenvalue weighted by atomic mass is 9.91. The van der Waals surface area contributed by atoms with Crippen molar-refractivity contribution in [3.63, 3.8) is 0 Å². The molecule has 0 saturated carbocycles. The average molecular weight is 386 g/mol. The lowest BCUT2D eigenvalue weighted by Crippen LogP contribution is -2.34. The number of H-pyrrole nitrogens is 2. The van der Waals surface area contributed by atoms with Gasteiger partial charge in [0.15, 0.2) is 12.4 Å². The number of hydrogen-bond acceptors (Lipinski definition) is 3. The van der Waals surface area contributed by atoms with Gasteiger partial charge in [-0.1, -0.05) is 11.6 Å². The van der Waals surface area contributed by atoms with Gasteiger partial charge >= 0.3 is 0 Å². The quantitative estimate of drug-likeness (QED) is 0.643. The first-order chi connectivity index (χ1) is 13.0. The largest absolute Gasteiger partial charge is 0.478 e. The third-order valence-electron chi connectivity index (χ3n) is 4.88. The molecule has 1 aromatic carbocycles. The molecule has 2 aromatic heterocycles. The predicted molar refractivity (Wildman–Crippen MR) is 104 cm³/mol. The van der Waals surface area contributed by atoms with Gasteiger partial charge < -0.3 is 20.0 Å². The van der Waals surface area contributed by atoms with Gasteiger partial charge in [-0.15, -0.1) is 0 Å². The summed E-state index contributed by atoms with van der Waals surface area (Å²) in [7, 11) is 0. The summed E-state index contributed by atoms with van der Waals surface area (Å²) in [6.07, 6.45) is 4.27. The summed E-state index contributed by atoms with van der Waals surface area (Å²) >= 11 is 6.13. The van der Waals surface area contributed by atoms with E-state index in [2.05, 4.69) is 15.3 Å². The van der Waals surface area contributed by atoms with Gasteiger partial charge in [-0.05, 0) is 49.9 Å². The molecule has 27 heavy (non-hydrogen) atoms. The second-order valence-corrected chi connectivity index (χ2v) is 7.29. The molecule has 1 atom stereocenters. The summed E-state index contributed by atoms with van der Waals surface area (Å²) in [5.41, 5.74) is 3.75. The molecule has 1 aliphatic carbocycles. The molecule has 0 unspecified atom stereocenters. The highest BCUT2D eigenvalue weighted by Gasteiger charge is 2.25. The van der Waals surface area contributed by atoms with Crippen LogP contribution in [0.25, 0.3) is 10.9 Å². The zero-order valence-corrected chi connectivity index (χ0v) is 15.7. The number of carbonyl (C=O) groups excluding carboxylic acids is 1. The van der Waals surface area contributed by atoms with Crippen LogP contribution >= 0.6 is 11.6 Å². The van der Waals surface area contributed by atoms with E-state index in [1.54, 1.807) is 6.92 Å². The fourth-order valence-corrected chi connectivity index (χ4v) is 3.80. The Kier molecular flexibility index (Phi) is 4.66. The Morgan fingerprint density at radius 1 is 1.37 bits per heavy atom. The Hall–Kier alpha value is -2.73. The molecular weight excluding hydrogens is 366 g/mol. The van der Waals surface area contributed by atoms with Crippen LogP contribution in [0.15, 0.2) is 35.3 Å². The van der Waals surface area contributed by atoms with Gasteiger partial charge in [-0.25, -0.2) is 0 Å². The van der Waals surface area contributed by atoms with Crippen molar-refractivity contribution in [2.75, 3.05) is 6.61 Å². The Balaban J connectivity index is 1.48. The second kappa shape index (κ2) is 7.12. The number of nitrogens with one attached hydrogen (secondary N) is 3. The number of rotatable bonds is 4. The van der Waals surface area contributed by atoms with Crippen LogP contribution in [0.3, 0.4) is 0 Å². The molecule has 0 aliphatic heterocycles. The van der Waals surface area contributed by atoms with Gasteiger partial charge in [-0.2, -0.15) is 0 Å². The lowest BCUT2D eigenvalue weighted by Gasteiger charge is -2.23. The molecule has 6 nitrogen and oxygen atoms in total. The van der Waals surface area contributed by atoms with Crippen molar-refractivity contribution >= 4 is 28.4 Å². The van der Waals surface area contributed by atoms with Crippen molar-refractivity contribution in [2.24, 2.45) is 0 Å². The summed E-state index contributed by atoms with van der Waals surface area (Å²) in [5.74, 6) is -0.121. The lowest BCUT2D eigenvalue weighted by molar-refractivity contribution is -0.124. The van der Waals surface area contributed by atoms with Crippen LogP contribution in [0.4, 0.5) is 0 Å². The maximum absolute atomic E-state index is 12.4. The molecule has 2 heterocycles. The minimum Gasteiger partial charge on any atom is -0.478 e. The first-order valence-corrected chi connectivity index (χ1v) is 9.30. The van der Waals surface area contributed by atoms with E-state index in [0.29, 0.717) is 5.02 Å². The number of carbonyl (C=O) groups is 1. The highest BCUT2D eigenvalue weighted by atomic mass is 35.5. The number of aromatic amines is 2. The first-order valence-electron chi connectivity index (χ1n) is 8.93. The van der Waals surface area contributed by atoms with E-state index in [-0.39, 0.29) is 29.7 Å². The van der Waals surface area contributed by atoms with Crippen molar-refractivity contribution in [3.8, 4) is 5.75 Å². The Morgan fingerprint density at radius 3 is 3.04 bits per heavy atom. The molecule has 1 aliphatic rings.